The van der Waals surface area contributed by atoms with Gasteiger partial charge in [-0.1, -0.05) is 24.4 Å². The number of hydrogen-bond acceptors (Lipinski definition) is 6. The maximum atomic E-state index is 6.02. The zero-order valence-corrected chi connectivity index (χ0v) is 16.9. The van der Waals surface area contributed by atoms with Crippen molar-refractivity contribution < 1.29 is 4.84 Å². The van der Waals surface area contributed by atoms with Crippen LogP contribution in [0, 0.1) is 6.92 Å². The van der Waals surface area contributed by atoms with E-state index in [2.05, 4.69) is 24.3 Å². The van der Waals surface area contributed by atoms with Crippen LogP contribution in [0.5, 0.6) is 0 Å². The second kappa shape index (κ2) is 6.72. The largest absolute Gasteiger partial charge is 0.388 e. The number of oxime groups is 1. The summed E-state index contributed by atoms with van der Waals surface area (Å²) in [4.78, 5) is 10.6. The Bertz CT molecular complexity index is 921. The first-order valence-electron chi connectivity index (χ1n) is 10.7. The van der Waals surface area contributed by atoms with Crippen molar-refractivity contribution in [2.75, 3.05) is 5.32 Å². The first kappa shape index (κ1) is 17.9. The summed E-state index contributed by atoms with van der Waals surface area (Å²) in [5.41, 5.74) is 11.0. The number of hydrogen-bond donors (Lipinski definition) is 2. The van der Waals surface area contributed by atoms with E-state index < -0.39 is 0 Å². The summed E-state index contributed by atoms with van der Waals surface area (Å²) in [6.45, 7) is 4.99. The summed E-state index contributed by atoms with van der Waals surface area (Å²) in [5, 5.41) is 14.2. The van der Waals surface area contributed by atoms with Crippen molar-refractivity contribution in [3.8, 4) is 0 Å². The summed E-state index contributed by atoms with van der Waals surface area (Å²) in [6.07, 6.45) is 10.9. The number of rotatable bonds is 4. The van der Waals surface area contributed by atoms with Gasteiger partial charge in [-0.3, -0.25) is 0 Å². The zero-order chi connectivity index (χ0) is 19.3. The fourth-order valence-corrected chi connectivity index (χ4v) is 5.14. The molecule has 2 aromatic heterocycles. The number of aryl methyl sites for hydroxylation is 2. The molecule has 150 valence electrons. The molecule has 7 nitrogen and oxygen atoms in total. The second-order valence-corrected chi connectivity index (χ2v) is 8.78. The van der Waals surface area contributed by atoms with E-state index >= 15 is 0 Å². The number of fused-ring (bicyclic) bond motifs is 1. The molecule has 3 aliphatic rings. The molecule has 2 saturated carbocycles. The molecule has 0 bridgehead atoms. The Morgan fingerprint density at radius 2 is 2.07 bits per heavy atom. The van der Waals surface area contributed by atoms with Gasteiger partial charge in [0.2, 0.25) is 0 Å². The lowest BCUT2D eigenvalue weighted by Crippen LogP contribution is -2.51. The third kappa shape index (κ3) is 2.87. The topological polar surface area (TPSA) is 90.3 Å². The van der Waals surface area contributed by atoms with Crippen molar-refractivity contribution in [3.63, 3.8) is 0 Å². The van der Waals surface area contributed by atoms with Gasteiger partial charge in [-0.2, -0.15) is 5.10 Å². The van der Waals surface area contributed by atoms with Crippen LogP contribution in [0.4, 0.5) is 5.69 Å². The van der Waals surface area contributed by atoms with Crippen LogP contribution in [0.25, 0.3) is 11.0 Å². The van der Waals surface area contributed by atoms with E-state index in [9.17, 15) is 0 Å². The standard InChI is InChI=1S/C21H30N6O/c1-3-27-20-18(13(2)25-27)19(24-15-7-5-4-6-8-15)16(12-23-20)17-11-21(28-26-17)9-14(22)10-21/h12,14-15H,3-11,22H2,1-2H3,(H,23,24). The molecule has 0 atom stereocenters. The van der Waals surface area contributed by atoms with Gasteiger partial charge in [-0.05, 0) is 26.7 Å². The summed E-state index contributed by atoms with van der Waals surface area (Å²) >= 11 is 0. The Morgan fingerprint density at radius 3 is 2.79 bits per heavy atom. The van der Waals surface area contributed by atoms with E-state index in [4.69, 9.17) is 20.7 Å². The predicted octanol–water partition coefficient (Wildman–Crippen LogP) is 3.49. The normalized spacial score (nSPS) is 27.7. The van der Waals surface area contributed by atoms with Crippen molar-refractivity contribution in [3.05, 3.63) is 17.5 Å². The van der Waals surface area contributed by atoms with Gasteiger partial charge in [-0.25, -0.2) is 9.67 Å². The molecule has 2 aliphatic carbocycles. The van der Waals surface area contributed by atoms with Gasteiger partial charge in [0, 0.05) is 49.7 Å². The van der Waals surface area contributed by atoms with E-state index in [1.54, 1.807) is 0 Å². The molecule has 0 amide bonds. The number of nitrogens with one attached hydrogen (secondary N) is 1. The van der Waals surface area contributed by atoms with E-state index in [1.165, 1.54) is 32.1 Å². The van der Waals surface area contributed by atoms with Crippen LogP contribution in [-0.2, 0) is 11.4 Å². The minimum atomic E-state index is -0.186. The third-order valence-electron chi connectivity index (χ3n) is 6.61. The highest BCUT2D eigenvalue weighted by atomic mass is 16.7. The molecular formula is C21H30N6O. The summed E-state index contributed by atoms with van der Waals surface area (Å²) in [7, 11) is 0. The molecule has 1 aliphatic heterocycles. The summed E-state index contributed by atoms with van der Waals surface area (Å²) in [5.74, 6) is 0. The highest BCUT2D eigenvalue weighted by Crippen LogP contribution is 2.44. The third-order valence-corrected chi connectivity index (χ3v) is 6.61. The maximum Gasteiger partial charge on any atom is 0.160 e. The molecule has 3 heterocycles. The average Bonchev–Trinajstić information content (AvgIpc) is 3.25. The molecule has 3 N–H and O–H groups in total. The number of pyridine rings is 1. The Labute approximate surface area is 165 Å². The van der Waals surface area contributed by atoms with Crippen LogP contribution in [0.1, 0.15) is 69.5 Å². The first-order valence-corrected chi connectivity index (χ1v) is 10.7. The lowest BCUT2D eigenvalue weighted by molar-refractivity contribution is -0.0856. The molecule has 2 fully saturated rings. The highest BCUT2D eigenvalue weighted by molar-refractivity contribution is 6.11. The Balaban J connectivity index is 1.56. The van der Waals surface area contributed by atoms with Crippen molar-refractivity contribution in [1.29, 1.82) is 0 Å². The van der Waals surface area contributed by atoms with Crippen LogP contribution in [0.3, 0.4) is 0 Å². The van der Waals surface area contributed by atoms with Gasteiger partial charge < -0.3 is 15.9 Å². The quantitative estimate of drug-likeness (QED) is 0.845. The van der Waals surface area contributed by atoms with Gasteiger partial charge in [0.25, 0.3) is 0 Å². The maximum absolute atomic E-state index is 6.02. The molecule has 0 aromatic carbocycles. The van der Waals surface area contributed by atoms with Crippen LogP contribution in [-0.4, -0.2) is 38.2 Å². The minimum Gasteiger partial charge on any atom is -0.388 e. The summed E-state index contributed by atoms with van der Waals surface area (Å²) in [6, 6.07) is 0.733. The first-order chi connectivity index (χ1) is 13.6. The Kier molecular flexibility index (Phi) is 4.30. The van der Waals surface area contributed by atoms with Crippen molar-refractivity contribution in [1.82, 2.24) is 14.8 Å². The fraction of sp³-hybridized carbons (Fsp3) is 0.667. The predicted molar refractivity (Wildman–Crippen MR) is 111 cm³/mol. The number of aromatic nitrogens is 3. The molecule has 0 saturated heterocycles. The molecule has 7 heteroatoms. The summed E-state index contributed by atoms with van der Waals surface area (Å²) < 4.78 is 1.99. The molecule has 0 radical (unpaired) electrons. The molecular weight excluding hydrogens is 352 g/mol. The monoisotopic (exact) mass is 382 g/mol. The molecule has 28 heavy (non-hydrogen) atoms. The van der Waals surface area contributed by atoms with Crippen molar-refractivity contribution >= 4 is 22.4 Å². The smallest absolute Gasteiger partial charge is 0.160 e. The zero-order valence-electron chi connectivity index (χ0n) is 16.9. The molecule has 0 unspecified atom stereocenters. The van der Waals surface area contributed by atoms with Crippen molar-refractivity contribution in [2.45, 2.75) is 89.4 Å². The van der Waals surface area contributed by atoms with Crippen LogP contribution < -0.4 is 11.1 Å². The van der Waals surface area contributed by atoms with E-state index in [0.717, 1.165) is 59.5 Å². The average molecular weight is 383 g/mol. The molecule has 1 spiro atoms. The van der Waals surface area contributed by atoms with Gasteiger partial charge in [0.15, 0.2) is 5.65 Å². The van der Waals surface area contributed by atoms with Crippen molar-refractivity contribution in [2.24, 2.45) is 10.9 Å². The SMILES string of the molecule is CCn1nc(C)c2c(NC3CCCCC3)c(C3=NOC4(C3)CC(N)C4)cnc21. The van der Waals surface area contributed by atoms with E-state index in [1.807, 2.05) is 10.9 Å². The van der Waals surface area contributed by atoms with Gasteiger partial charge in [0.1, 0.15) is 5.60 Å². The van der Waals surface area contributed by atoms with E-state index in [-0.39, 0.29) is 11.6 Å². The Morgan fingerprint density at radius 1 is 1.29 bits per heavy atom. The number of anilines is 1. The van der Waals surface area contributed by atoms with Gasteiger partial charge >= 0.3 is 0 Å². The van der Waals surface area contributed by atoms with Gasteiger partial charge in [-0.15, -0.1) is 0 Å². The highest BCUT2D eigenvalue weighted by Gasteiger charge is 2.49. The minimum absolute atomic E-state index is 0.186. The second-order valence-electron chi connectivity index (χ2n) is 8.78. The Hall–Kier alpha value is -2.15. The van der Waals surface area contributed by atoms with Gasteiger partial charge in [0.05, 0.1) is 22.5 Å². The molecule has 2 aromatic rings. The lowest BCUT2D eigenvalue weighted by Gasteiger charge is -2.40. The number of nitrogens with zero attached hydrogens (tertiary/aromatic N) is 4. The molecule has 5 rings (SSSR count). The fourth-order valence-electron chi connectivity index (χ4n) is 5.14. The van der Waals surface area contributed by atoms with Crippen LogP contribution in [0.15, 0.2) is 11.4 Å². The van der Waals surface area contributed by atoms with E-state index in [0.29, 0.717) is 6.04 Å². The number of nitrogens with two attached hydrogens (primary N) is 1. The van der Waals surface area contributed by atoms with Crippen LogP contribution >= 0.6 is 0 Å². The van der Waals surface area contributed by atoms with Crippen LogP contribution in [0.2, 0.25) is 0 Å². The lowest BCUT2D eigenvalue weighted by atomic mass is 9.73.